The van der Waals surface area contributed by atoms with Crippen LogP contribution in [-0.2, 0) is 5.33 Å². The Morgan fingerprint density at radius 2 is 2.25 bits per heavy atom. The Morgan fingerprint density at radius 3 is 2.80 bits per heavy atom. The second-order valence-corrected chi connectivity index (χ2v) is 5.11. The third-order valence-corrected chi connectivity index (χ3v) is 3.36. The Morgan fingerprint density at radius 1 is 1.50 bits per heavy atom. The molecule has 0 amide bonds. The van der Waals surface area contributed by atoms with Crippen molar-refractivity contribution in [1.29, 1.82) is 0 Å². The van der Waals surface area contributed by atoms with Gasteiger partial charge in [-0.25, -0.2) is 0 Å². The van der Waals surface area contributed by atoms with Gasteiger partial charge in [0.05, 0.1) is 17.3 Å². The van der Waals surface area contributed by atoms with Crippen molar-refractivity contribution in [2.75, 3.05) is 0 Å². The van der Waals surface area contributed by atoms with Gasteiger partial charge in [-0.2, -0.15) is 5.10 Å². The van der Waals surface area contributed by atoms with E-state index < -0.39 is 4.92 Å². The van der Waals surface area contributed by atoms with Crippen LogP contribution in [0.3, 0.4) is 0 Å². The van der Waals surface area contributed by atoms with Crippen LogP contribution in [0.5, 0.6) is 11.5 Å². The average Bonchev–Trinajstić information content (AvgIpc) is 2.87. The number of aromatic nitrogens is 2. The average molecular weight is 340 g/mol. The molecule has 0 N–H and O–H groups in total. The van der Waals surface area contributed by atoms with E-state index in [9.17, 15) is 10.1 Å². The minimum Gasteiger partial charge on any atom is -0.447 e. The number of alkyl halides is 1. The first-order chi connectivity index (χ1) is 9.51. The standard InChI is InChI=1S/C13H14BrN3O3/c1-9(2)16-8-11(7-15-16)20-13-4-3-10(6-14)5-12(13)17(18)19/h3-5,7-9H,6H2,1-2H3. The first-order valence-corrected chi connectivity index (χ1v) is 7.18. The van der Waals surface area contributed by atoms with Crippen LogP contribution < -0.4 is 4.74 Å². The molecule has 0 atom stereocenters. The highest BCUT2D eigenvalue weighted by molar-refractivity contribution is 9.08. The van der Waals surface area contributed by atoms with Gasteiger partial charge in [-0.1, -0.05) is 22.0 Å². The fourth-order valence-electron chi connectivity index (χ4n) is 1.66. The van der Waals surface area contributed by atoms with Gasteiger partial charge in [-0.05, 0) is 25.5 Å². The topological polar surface area (TPSA) is 70.2 Å². The zero-order valence-corrected chi connectivity index (χ0v) is 12.7. The molecule has 7 heteroatoms. The maximum absolute atomic E-state index is 11.1. The quantitative estimate of drug-likeness (QED) is 0.468. The summed E-state index contributed by atoms with van der Waals surface area (Å²) in [5, 5.41) is 15.8. The lowest BCUT2D eigenvalue weighted by Gasteiger charge is -2.06. The van der Waals surface area contributed by atoms with Crippen molar-refractivity contribution in [2.24, 2.45) is 0 Å². The van der Waals surface area contributed by atoms with E-state index in [1.54, 1.807) is 29.2 Å². The summed E-state index contributed by atoms with van der Waals surface area (Å²) >= 11 is 3.27. The first-order valence-electron chi connectivity index (χ1n) is 6.06. The zero-order valence-electron chi connectivity index (χ0n) is 11.1. The molecule has 0 radical (unpaired) electrons. The zero-order chi connectivity index (χ0) is 14.7. The monoisotopic (exact) mass is 339 g/mol. The van der Waals surface area contributed by atoms with Gasteiger partial charge in [0.15, 0.2) is 5.75 Å². The molecule has 0 saturated carbocycles. The molecule has 106 valence electrons. The number of hydrogen-bond acceptors (Lipinski definition) is 4. The Balaban J connectivity index is 2.30. The summed E-state index contributed by atoms with van der Waals surface area (Å²) in [6.45, 7) is 3.98. The van der Waals surface area contributed by atoms with Crippen LogP contribution in [0.25, 0.3) is 0 Å². The van der Waals surface area contributed by atoms with E-state index in [4.69, 9.17) is 4.74 Å². The lowest BCUT2D eigenvalue weighted by molar-refractivity contribution is -0.385. The summed E-state index contributed by atoms with van der Waals surface area (Å²) in [4.78, 5) is 10.6. The number of benzene rings is 1. The number of rotatable bonds is 5. The number of nitro benzene ring substituents is 1. The predicted molar refractivity (Wildman–Crippen MR) is 78.4 cm³/mol. The van der Waals surface area contributed by atoms with Crippen LogP contribution in [-0.4, -0.2) is 14.7 Å². The molecular formula is C13H14BrN3O3. The first kappa shape index (κ1) is 14.5. The van der Waals surface area contributed by atoms with E-state index >= 15 is 0 Å². The Labute approximate surface area is 124 Å². The normalized spacial score (nSPS) is 10.8. The Hall–Kier alpha value is -1.89. The van der Waals surface area contributed by atoms with E-state index in [-0.39, 0.29) is 17.5 Å². The van der Waals surface area contributed by atoms with Gasteiger partial charge in [0.2, 0.25) is 5.75 Å². The summed E-state index contributed by atoms with van der Waals surface area (Å²) < 4.78 is 7.29. The van der Waals surface area contributed by atoms with Crippen molar-refractivity contribution >= 4 is 21.6 Å². The minimum absolute atomic E-state index is 0.0563. The molecule has 0 aliphatic carbocycles. The smallest absolute Gasteiger partial charge is 0.311 e. The minimum atomic E-state index is -0.450. The summed E-state index contributed by atoms with van der Waals surface area (Å²) in [6, 6.07) is 5.08. The molecule has 0 saturated heterocycles. The van der Waals surface area contributed by atoms with Crippen LogP contribution in [0.4, 0.5) is 5.69 Å². The molecule has 0 unspecified atom stereocenters. The second kappa shape index (κ2) is 6.04. The Bertz CT molecular complexity index is 625. The van der Waals surface area contributed by atoms with Crippen LogP contribution >= 0.6 is 15.9 Å². The van der Waals surface area contributed by atoms with Crippen molar-refractivity contribution in [3.05, 3.63) is 46.3 Å². The lowest BCUT2D eigenvalue weighted by atomic mass is 10.2. The molecule has 1 heterocycles. The summed E-state index contributed by atoms with van der Waals surface area (Å²) in [5.41, 5.74) is 0.765. The SMILES string of the molecule is CC(C)n1cc(Oc2ccc(CBr)cc2[N+](=O)[O-])cn1. The van der Waals surface area contributed by atoms with E-state index in [0.29, 0.717) is 11.1 Å². The molecule has 0 aliphatic rings. The van der Waals surface area contributed by atoms with E-state index in [1.807, 2.05) is 13.8 Å². The molecule has 6 nitrogen and oxygen atoms in total. The van der Waals surface area contributed by atoms with Gasteiger partial charge >= 0.3 is 5.69 Å². The molecule has 0 fully saturated rings. The van der Waals surface area contributed by atoms with Crippen LogP contribution in [0.15, 0.2) is 30.6 Å². The molecule has 2 aromatic rings. The van der Waals surface area contributed by atoms with Gasteiger partial charge in [0, 0.05) is 17.4 Å². The molecule has 1 aromatic heterocycles. The molecule has 2 rings (SSSR count). The highest BCUT2D eigenvalue weighted by atomic mass is 79.9. The Kier molecular flexibility index (Phi) is 4.39. The van der Waals surface area contributed by atoms with Crippen LogP contribution in [0.1, 0.15) is 25.5 Å². The van der Waals surface area contributed by atoms with Crippen molar-refractivity contribution < 1.29 is 9.66 Å². The summed E-state index contributed by atoms with van der Waals surface area (Å²) in [6.07, 6.45) is 3.26. The van der Waals surface area contributed by atoms with Crippen LogP contribution in [0, 0.1) is 10.1 Å². The maximum atomic E-state index is 11.1. The summed E-state index contributed by atoms with van der Waals surface area (Å²) in [7, 11) is 0. The number of halogens is 1. The summed E-state index contributed by atoms with van der Waals surface area (Å²) in [5.74, 6) is 0.691. The second-order valence-electron chi connectivity index (χ2n) is 4.54. The molecule has 0 bridgehead atoms. The van der Waals surface area contributed by atoms with Gasteiger partial charge < -0.3 is 4.74 Å². The molecule has 0 spiro atoms. The van der Waals surface area contributed by atoms with Crippen LogP contribution in [0.2, 0.25) is 0 Å². The maximum Gasteiger partial charge on any atom is 0.311 e. The lowest BCUT2D eigenvalue weighted by Crippen LogP contribution is -1.99. The van der Waals surface area contributed by atoms with E-state index in [0.717, 1.165) is 5.56 Å². The molecule has 0 aliphatic heterocycles. The number of nitrogens with zero attached hydrogens (tertiary/aromatic N) is 3. The largest absolute Gasteiger partial charge is 0.447 e. The number of hydrogen-bond donors (Lipinski definition) is 0. The van der Waals surface area contributed by atoms with Crippen molar-refractivity contribution in [1.82, 2.24) is 9.78 Å². The number of nitro groups is 1. The predicted octanol–water partition coefficient (Wildman–Crippen LogP) is 4.06. The fourth-order valence-corrected chi connectivity index (χ4v) is 2.01. The third kappa shape index (κ3) is 3.16. The van der Waals surface area contributed by atoms with Gasteiger partial charge in [-0.15, -0.1) is 0 Å². The molecule has 1 aromatic carbocycles. The van der Waals surface area contributed by atoms with Crippen molar-refractivity contribution in [3.8, 4) is 11.5 Å². The number of ether oxygens (including phenoxy) is 1. The van der Waals surface area contributed by atoms with Gasteiger partial charge in [0.1, 0.15) is 0 Å². The van der Waals surface area contributed by atoms with Crippen molar-refractivity contribution in [2.45, 2.75) is 25.2 Å². The third-order valence-electron chi connectivity index (χ3n) is 2.71. The fraction of sp³-hybridized carbons (Fsp3) is 0.308. The highest BCUT2D eigenvalue weighted by Crippen LogP contribution is 2.32. The van der Waals surface area contributed by atoms with Gasteiger partial charge in [0.25, 0.3) is 0 Å². The molecular weight excluding hydrogens is 326 g/mol. The van der Waals surface area contributed by atoms with E-state index in [1.165, 1.54) is 6.07 Å². The van der Waals surface area contributed by atoms with E-state index in [2.05, 4.69) is 21.0 Å². The van der Waals surface area contributed by atoms with Gasteiger partial charge in [-0.3, -0.25) is 14.8 Å². The highest BCUT2D eigenvalue weighted by Gasteiger charge is 2.17. The van der Waals surface area contributed by atoms with Crippen molar-refractivity contribution in [3.63, 3.8) is 0 Å². The molecule has 20 heavy (non-hydrogen) atoms.